The van der Waals surface area contributed by atoms with Crippen molar-refractivity contribution in [3.05, 3.63) is 0 Å². The van der Waals surface area contributed by atoms with Gasteiger partial charge < -0.3 is 9.94 Å². The fourth-order valence-corrected chi connectivity index (χ4v) is 1.62. The first-order valence-electron chi connectivity index (χ1n) is 4.61. The van der Waals surface area contributed by atoms with Crippen molar-refractivity contribution >= 4 is 12.2 Å². The zero-order valence-electron chi connectivity index (χ0n) is 7.82. The van der Waals surface area contributed by atoms with Crippen LogP contribution in [0.5, 0.6) is 0 Å². The van der Waals surface area contributed by atoms with E-state index in [2.05, 4.69) is 5.16 Å². The minimum Gasteiger partial charge on any atom is -0.478 e. The van der Waals surface area contributed by atoms with Gasteiger partial charge in [-0.3, -0.25) is 0 Å². The normalized spacial score (nSPS) is 21.6. The monoisotopic (exact) mass is 185 g/mol. The Kier molecular flexibility index (Phi) is 3.28. The number of oxime groups is 1. The SMILES string of the molecule is C/C=N/OC1(C(=O)O)CCCCC1. The van der Waals surface area contributed by atoms with Crippen molar-refractivity contribution in [3.63, 3.8) is 0 Å². The summed E-state index contributed by atoms with van der Waals surface area (Å²) in [5.41, 5.74) is -1.05. The average Bonchev–Trinajstić information content (AvgIpc) is 2.16. The van der Waals surface area contributed by atoms with Crippen molar-refractivity contribution in [1.29, 1.82) is 0 Å². The fourth-order valence-electron chi connectivity index (χ4n) is 1.62. The van der Waals surface area contributed by atoms with Gasteiger partial charge in [0.05, 0.1) is 0 Å². The summed E-state index contributed by atoms with van der Waals surface area (Å²) in [7, 11) is 0. The molecule has 0 radical (unpaired) electrons. The highest BCUT2D eigenvalue weighted by atomic mass is 16.7. The van der Waals surface area contributed by atoms with Crippen LogP contribution in [-0.4, -0.2) is 22.9 Å². The third-order valence-electron chi connectivity index (χ3n) is 2.38. The molecule has 13 heavy (non-hydrogen) atoms. The van der Waals surface area contributed by atoms with Crippen molar-refractivity contribution < 1.29 is 14.7 Å². The first-order valence-corrected chi connectivity index (χ1v) is 4.61. The van der Waals surface area contributed by atoms with Crippen LogP contribution >= 0.6 is 0 Å². The van der Waals surface area contributed by atoms with Gasteiger partial charge in [0.2, 0.25) is 5.60 Å². The minimum atomic E-state index is -1.05. The van der Waals surface area contributed by atoms with Gasteiger partial charge in [0.1, 0.15) is 0 Å². The number of hydrogen-bond acceptors (Lipinski definition) is 3. The van der Waals surface area contributed by atoms with Gasteiger partial charge in [-0.15, -0.1) is 0 Å². The second-order valence-corrected chi connectivity index (χ2v) is 3.31. The molecular formula is C9H15NO3. The van der Waals surface area contributed by atoms with E-state index in [1.54, 1.807) is 6.92 Å². The fraction of sp³-hybridized carbons (Fsp3) is 0.778. The maximum Gasteiger partial charge on any atom is 0.350 e. The Labute approximate surface area is 77.6 Å². The van der Waals surface area contributed by atoms with Gasteiger partial charge in [-0.25, -0.2) is 4.79 Å². The third kappa shape index (κ3) is 2.20. The lowest BCUT2D eigenvalue weighted by Crippen LogP contribution is -2.42. The molecule has 1 N–H and O–H groups in total. The molecule has 1 aliphatic rings. The lowest BCUT2D eigenvalue weighted by atomic mass is 9.85. The predicted octanol–water partition coefficient (Wildman–Crippen LogP) is 1.80. The van der Waals surface area contributed by atoms with Crippen molar-refractivity contribution in [2.75, 3.05) is 0 Å². The average molecular weight is 185 g/mol. The summed E-state index contributed by atoms with van der Waals surface area (Å²) < 4.78 is 0. The van der Waals surface area contributed by atoms with Crippen LogP contribution in [0.3, 0.4) is 0 Å². The maximum atomic E-state index is 11.0. The molecule has 0 aromatic carbocycles. The molecule has 0 aliphatic heterocycles. The Morgan fingerprint density at radius 2 is 2.08 bits per heavy atom. The lowest BCUT2D eigenvalue weighted by Gasteiger charge is -2.30. The number of carboxylic acid groups (broad SMARTS) is 1. The van der Waals surface area contributed by atoms with Crippen molar-refractivity contribution in [1.82, 2.24) is 0 Å². The van der Waals surface area contributed by atoms with Crippen LogP contribution in [0.15, 0.2) is 5.16 Å². The molecule has 0 bridgehead atoms. The first-order chi connectivity index (χ1) is 6.21. The highest BCUT2D eigenvalue weighted by Gasteiger charge is 2.42. The van der Waals surface area contributed by atoms with Crippen molar-refractivity contribution in [3.8, 4) is 0 Å². The van der Waals surface area contributed by atoms with E-state index in [-0.39, 0.29) is 0 Å². The van der Waals surface area contributed by atoms with Crippen LogP contribution in [0.4, 0.5) is 0 Å². The molecule has 4 heteroatoms. The van der Waals surface area contributed by atoms with E-state index in [4.69, 9.17) is 9.94 Å². The Morgan fingerprint density at radius 3 is 2.54 bits per heavy atom. The Morgan fingerprint density at radius 1 is 1.46 bits per heavy atom. The molecule has 1 fully saturated rings. The standard InChI is InChI=1S/C9H15NO3/c1-2-10-13-9(8(11)12)6-4-3-5-7-9/h2H,3-7H2,1H3,(H,11,12)/b10-2+. The molecular weight excluding hydrogens is 170 g/mol. The van der Waals surface area contributed by atoms with Gasteiger partial charge in [0.15, 0.2) is 0 Å². The molecule has 1 rings (SSSR count). The van der Waals surface area contributed by atoms with Gasteiger partial charge in [-0.05, 0) is 19.8 Å². The van der Waals surface area contributed by atoms with Crippen LogP contribution < -0.4 is 0 Å². The summed E-state index contributed by atoms with van der Waals surface area (Å²) in [5, 5.41) is 12.6. The van der Waals surface area contributed by atoms with E-state index in [0.717, 1.165) is 19.3 Å². The molecule has 0 amide bonds. The van der Waals surface area contributed by atoms with Crippen LogP contribution in [0.2, 0.25) is 0 Å². The first kappa shape index (κ1) is 10.0. The van der Waals surface area contributed by atoms with Gasteiger partial charge in [-0.2, -0.15) is 0 Å². The molecule has 0 heterocycles. The third-order valence-corrected chi connectivity index (χ3v) is 2.38. The topological polar surface area (TPSA) is 58.9 Å². The molecule has 1 aliphatic carbocycles. The Hall–Kier alpha value is -1.06. The van der Waals surface area contributed by atoms with Crippen LogP contribution in [0.1, 0.15) is 39.0 Å². The van der Waals surface area contributed by atoms with E-state index in [1.165, 1.54) is 6.21 Å². The summed E-state index contributed by atoms with van der Waals surface area (Å²) >= 11 is 0. The second kappa shape index (κ2) is 4.25. The molecule has 0 unspecified atom stereocenters. The van der Waals surface area contributed by atoms with Crippen molar-refractivity contribution in [2.24, 2.45) is 5.16 Å². The minimum absolute atomic E-state index is 0.569. The lowest BCUT2D eigenvalue weighted by molar-refractivity contribution is -0.170. The van der Waals surface area contributed by atoms with E-state index in [9.17, 15) is 4.79 Å². The summed E-state index contributed by atoms with van der Waals surface area (Å²) in [5.74, 6) is -0.891. The van der Waals surface area contributed by atoms with E-state index in [1.807, 2.05) is 0 Å². The molecule has 0 aromatic heterocycles. The summed E-state index contributed by atoms with van der Waals surface area (Å²) in [6.07, 6.45) is 5.52. The molecule has 0 atom stereocenters. The number of carbonyl (C=O) groups is 1. The smallest absolute Gasteiger partial charge is 0.350 e. The predicted molar refractivity (Wildman–Crippen MR) is 48.7 cm³/mol. The van der Waals surface area contributed by atoms with E-state index >= 15 is 0 Å². The van der Waals surface area contributed by atoms with Gasteiger partial charge in [0.25, 0.3) is 0 Å². The summed E-state index contributed by atoms with van der Waals surface area (Å²) in [6.45, 7) is 1.71. The highest BCUT2D eigenvalue weighted by molar-refractivity contribution is 5.77. The van der Waals surface area contributed by atoms with Gasteiger partial charge in [-0.1, -0.05) is 11.6 Å². The number of rotatable bonds is 3. The molecule has 74 valence electrons. The van der Waals surface area contributed by atoms with Crippen LogP contribution in [-0.2, 0) is 9.63 Å². The van der Waals surface area contributed by atoms with Gasteiger partial charge >= 0.3 is 5.97 Å². The Balaban J connectivity index is 2.67. The summed E-state index contributed by atoms with van der Waals surface area (Å²) in [6, 6.07) is 0. The van der Waals surface area contributed by atoms with Crippen LogP contribution in [0.25, 0.3) is 0 Å². The number of carboxylic acids is 1. The highest BCUT2D eigenvalue weighted by Crippen LogP contribution is 2.31. The molecule has 0 spiro atoms. The quantitative estimate of drug-likeness (QED) is 0.538. The van der Waals surface area contributed by atoms with E-state index < -0.39 is 11.6 Å². The zero-order chi connectivity index (χ0) is 9.73. The number of hydrogen-bond donors (Lipinski definition) is 1. The summed E-state index contributed by atoms with van der Waals surface area (Å²) in [4.78, 5) is 16.0. The number of aliphatic carboxylic acids is 1. The molecule has 4 nitrogen and oxygen atoms in total. The molecule has 1 saturated carbocycles. The Bertz CT molecular complexity index is 207. The van der Waals surface area contributed by atoms with E-state index in [0.29, 0.717) is 12.8 Å². The van der Waals surface area contributed by atoms with Gasteiger partial charge in [0, 0.05) is 19.1 Å². The largest absolute Gasteiger partial charge is 0.478 e. The molecule has 0 aromatic rings. The van der Waals surface area contributed by atoms with Crippen LogP contribution in [0, 0.1) is 0 Å². The number of nitrogens with zero attached hydrogens (tertiary/aromatic N) is 1. The van der Waals surface area contributed by atoms with Crippen molar-refractivity contribution in [2.45, 2.75) is 44.6 Å². The zero-order valence-corrected chi connectivity index (χ0v) is 7.82. The maximum absolute atomic E-state index is 11.0. The molecule has 0 saturated heterocycles. The second-order valence-electron chi connectivity index (χ2n) is 3.31.